The van der Waals surface area contributed by atoms with Crippen molar-refractivity contribution in [1.82, 2.24) is 14.9 Å². The molecule has 3 aliphatic carbocycles. The molecule has 0 saturated heterocycles. The smallest absolute Gasteiger partial charge is 0.286 e. The van der Waals surface area contributed by atoms with E-state index in [1.165, 1.54) is 11.1 Å². The number of hydrogen-bond donors (Lipinski definition) is 1. The Morgan fingerprint density at radius 1 is 1.18 bits per heavy atom. The summed E-state index contributed by atoms with van der Waals surface area (Å²) in [5, 5.41) is 8.46. The molecule has 2 amide bonds. The molecular weight excluding hydrogens is 678 g/mol. The van der Waals surface area contributed by atoms with Crippen LogP contribution in [0.5, 0.6) is 5.75 Å². The molecule has 5 aliphatic rings. The molecule has 2 aromatic carbocycles. The van der Waals surface area contributed by atoms with Gasteiger partial charge >= 0.3 is 0 Å². The Labute approximate surface area is 297 Å². The number of amides is 2. The standard InChI is InChI=1S/C37H42ClN5O6S/c1-23-39-40-33(49-23)14-13-32(44)41-50(46)16-5-3-4-8-31(47-2)34-28-19-37(28,34)21-43-20-36(15-6-7-24-17-26(38)10-11-27(24)36)22-48-30-12-9-25(18-29(30)43)35(45)42-50/h4,8-12,17-18,28,31,34H,3,5-7,13-16,19-22H2,1-2H3,(H,41,42,44,45,46)/b8-4+/t28?,31-,34-,36-,37-,50+/m0/s1. The number of hydrogen-bond acceptors (Lipinski definition) is 9. The first kappa shape index (κ1) is 33.4. The second-order valence-electron chi connectivity index (χ2n) is 14.6. The number of aromatic nitrogens is 2. The molecule has 2 aliphatic heterocycles. The molecule has 2 saturated carbocycles. The SMILES string of the molecule is CO[C@H]1/C=C/CCC[S@@](=O)(NC(=O)CCc2nnc(C)o2)=NC(=O)c2ccc3c(c2)N(C[C@@]2(CCCc4cc(Cl)ccc42)CO3)C[C@@]23CC2[C@@H]13. The molecule has 6 atom stereocenters. The number of nitrogens with zero attached hydrogens (tertiary/aromatic N) is 4. The average Bonchev–Trinajstić information content (AvgIpc) is 3.91. The van der Waals surface area contributed by atoms with Gasteiger partial charge in [-0.25, -0.2) is 4.21 Å². The topological polar surface area (TPSA) is 136 Å². The van der Waals surface area contributed by atoms with Crippen molar-refractivity contribution < 1.29 is 27.7 Å². The monoisotopic (exact) mass is 719 g/mol. The quantitative estimate of drug-likeness (QED) is 0.326. The van der Waals surface area contributed by atoms with Gasteiger partial charge in [0.25, 0.3) is 5.91 Å². The predicted octanol–water partition coefficient (Wildman–Crippen LogP) is 5.78. The van der Waals surface area contributed by atoms with Crippen molar-refractivity contribution in [2.45, 2.75) is 69.8 Å². The number of fused-ring (bicyclic) bond motifs is 4. The molecule has 1 unspecified atom stereocenters. The number of anilines is 1. The Morgan fingerprint density at radius 2 is 2.06 bits per heavy atom. The molecule has 13 heteroatoms. The fourth-order valence-corrected chi connectivity index (χ4v) is 10.5. The van der Waals surface area contributed by atoms with Gasteiger partial charge in [0.15, 0.2) is 0 Å². The summed E-state index contributed by atoms with van der Waals surface area (Å²) in [7, 11) is -1.69. The molecule has 1 N–H and O–H groups in total. The van der Waals surface area contributed by atoms with Crippen molar-refractivity contribution in [3.8, 4) is 5.75 Å². The molecular formula is C37H42ClN5O6S. The second kappa shape index (κ2) is 12.8. The minimum Gasteiger partial charge on any atom is -0.490 e. The highest BCUT2D eigenvalue weighted by Gasteiger charge is 2.80. The summed E-state index contributed by atoms with van der Waals surface area (Å²) in [6, 6.07) is 11.6. The molecule has 2 fully saturated rings. The van der Waals surface area contributed by atoms with Crippen molar-refractivity contribution in [1.29, 1.82) is 0 Å². The number of methoxy groups -OCH3 is 1. The first-order chi connectivity index (χ1) is 24.1. The van der Waals surface area contributed by atoms with Crippen LogP contribution >= 0.6 is 11.6 Å². The minimum atomic E-state index is -3.45. The van der Waals surface area contributed by atoms with E-state index in [4.69, 9.17) is 25.5 Å². The molecule has 8 rings (SSSR count). The molecule has 3 heterocycles. The van der Waals surface area contributed by atoms with Gasteiger partial charge in [0.1, 0.15) is 15.7 Å². The van der Waals surface area contributed by atoms with Gasteiger partial charge in [-0.2, -0.15) is 0 Å². The maximum absolute atomic E-state index is 14.2. The summed E-state index contributed by atoms with van der Waals surface area (Å²) < 4.78 is 39.0. The first-order valence-corrected chi connectivity index (χ1v) is 19.6. The number of halogens is 1. The molecule has 3 aromatic rings. The van der Waals surface area contributed by atoms with Crippen LogP contribution in [0, 0.1) is 24.2 Å². The molecule has 50 heavy (non-hydrogen) atoms. The van der Waals surface area contributed by atoms with Crippen LogP contribution in [0.4, 0.5) is 5.69 Å². The van der Waals surface area contributed by atoms with Crippen molar-refractivity contribution in [2.75, 3.05) is 37.5 Å². The maximum Gasteiger partial charge on any atom is 0.286 e. The summed E-state index contributed by atoms with van der Waals surface area (Å²) in [5.41, 5.74) is 3.56. The molecule has 11 nitrogen and oxygen atoms in total. The minimum absolute atomic E-state index is 0.0221. The van der Waals surface area contributed by atoms with Gasteiger partial charge < -0.3 is 18.8 Å². The third kappa shape index (κ3) is 6.23. The third-order valence-electron chi connectivity index (χ3n) is 11.3. The molecule has 2 spiro atoms. The van der Waals surface area contributed by atoms with Gasteiger partial charge in [-0.05, 0) is 97.2 Å². The number of carbonyl (C=O) groups is 2. The fourth-order valence-electron chi connectivity index (χ4n) is 8.66. The van der Waals surface area contributed by atoms with Gasteiger partial charge in [0.2, 0.25) is 17.7 Å². The van der Waals surface area contributed by atoms with Crippen LogP contribution in [0.2, 0.25) is 5.02 Å². The van der Waals surface area contributed by atoms with E-state index in [1.807, 2.05) is 18.2 Å². The van der Waals surface area contributed by atoms with E-state index in [9.17, 15) is 13.8 Å². The Hall–Kier alpha value is -3.74. The largest absolute Gasteiger partial charge is 0.490 e. The Balaban J connectivity index is 1.15. The Bertz CT molecular complexity index is 2010. The van der Waals surface area contributed by atoms with Gasteiger partial charge in [0.05, 0.1) is 24.2 Å². The van der Waals surface area contributed by atoms with Crippen LogP contribution in [-0.2, 0) is 37.7 Å². The van der Waals surface area contributed by atoms with Gasteiger partial charge in [0, 0.05) is 56.0 Å². The number of rotatable bonds is 5. The molecule has 1 aromatic heterocycles. The summed E-state index contributed by atoms with van der Waals surface area (Å²) >= 11 is 6.45. The number of nitrogens with one attached hydrogen (secondary N) is 1. The lowest BCUT2D eigenvalue weighted by Gasteiger charge is -2.41. The Kier molecular flexibility index (Phi) is 8.55. The molecule has 0 radical (unpaired) electrons. The van der Waals surface area contributed by atoms with E-state index >= 15 is 0 Å². The van der Waals surface area contributed by atoms with E-state index in [0.717, 1.165) is 49.5 Å². The van der Waals surface area contributed by atoms with E-state index in [1.54, 1.807) is 20.1 Å². The first-order valence-electron chi connectivity index (χ1n) is 17.5. The third-order valence-corrected chi connectivity index (χ3v) is 13.4. The lowest BCUT2D eigenvalue weighted by atomic mass is 9.70. The summed E-state index contributed by atoms with van der Waals surface area (Å²) in [6.07, 6.45) is 9.52. The summed E-state index contributed by atoms with van der Waals surface area (Å²) in [5.74, 6) is 1.28. The zero-order chi connectivity index (χ0) is 34.7. The zero-order valence-electron chi connectivity index (χ0n) is 28.4. The molecule has 264 valence electrons. The highest BCUT2D eigenvalue weighted by Crippen LogP contribution is 2.81. The van der Waals surface area contributed by atoms with Crippen LogP contribution in [0.3, 0.4) is 0 Å². The van der Waals surface area contributed by atoms with E-state index in [-0.39, 0.29) is 35.5 Å². The number of allylic oxidation sites excluding steroid dienone is 1. The van der Waals surface area contributed by atoms with E-state index in [2.05, 4.69) is 48.5 Å². The van der Waals surface area contributed by atoms with Crippen LogP contribution in [-0.4, -0.2) is 64.9 Å². The number of benzene rings is 2. The average molecular weight is 720 g/mol. The maximum atomic E-state index is 14.2. The Morgan fingerprint density at radius 3 is 2.86 bits per heavy atom. The number of aryl methyl sites for hydroxylation is 3. The van der Waals surface area contributed by atoms with Gasteiger partial charge in [-0.1, -0.05) is 29.8 Å². The second-order valence-corrected chi connectivity index (χ2v) is 17.1. The van der Waals surface area contributed by atoms with Gasteiger partial charge in [-0.3, -0.25) is 14.3 Å². The predicted molar refractivity (Wildman–Crippen MR) is 189 cm³/mol. The summed E-state index contributed by atoms with van der Waals surface area (Å²) in [6.45, 7) is 3.72. The van der Waals surface area contributed by atoms with E-state index in [0.29, 0.717) is 54.4 Å². The van der Waals surface area contributed by atoms with Crippen LogP contribution < -0.4 is 14.4 Å². The fraction of sp³-hybridized carbons (Fsp3) is 0.514. The van der Waals surface area contributed by atoms with Crippen molar-refractivity contribution in [2.24, 2.45) is 21.6 Å². The van der Waals surface area contributed by atoms with Crippen molar-refractivity contribution in [3.63, 3.8) is 0 Å². The number of ether oxygens (including phenoxy) is 2. The van der Waals surface area contributed by atoms with E-state index < -0.39 is 21.7 Å². The lowest BCUT2D eigenvalue weighted by molar-refractivity contribution is -0.119. The van der Waals surface area contributed by atoms with Crippen molar-refractivity contribution >= 4 is 39.0 Å². The summed E-state index contributed by atoms with van der Waals surface area (Å²) in [4.78, 5) is 29.3. The normalized spacial score (nSPS) is 32.0. The van der Waals surface area contributed by atoms with Crippen LogP contribution in [0.1, 0.15) is 71.8 Å². The molecule has 2 bridgehead atoms. The van der Waals surface area contributed by atoms with Gasteiger partial charge in [-0.15, -0.1) is 14.6 Å². The highest BCUT2D eigenvalue weighted by atomic mass is 35.5. The lowest BCUT2D eigenvalue weighted by Crippen LogP contribution is -2.47. The van der Waals surface area contributed by atoms with Crippen LogP contribution in [0.25, 0.3) is 0 Å². The number of carbonyl (C=O) groups excluding carboxylic acids is 2. The van der Waals surface area contributed by atoms with Crippen molar-refractivity contribution in [3.05, 3.63) is 82.0 Å². The van der Waals surface area contributed by atoms with Crippen LogP contribution in [0.15, 0.2) is 57.3 Å². The highest BCUT2D eigenvalue weighted by molar-refractivity contribution is 7.92. The zero-order valence-corrected chi connectivity index (χ0v) is 29.9.